The molecule has 8 heteroatoms. The second kappa shape index (κ2) is 5.34. The van der Waals surface area contributed by atoms with Gasteiger partial charge in [-0.25, -0.2) is 13.2 Å². The maximum absolute atomic E-state index is 12.9. The average molecular weight is 354 g/mol. The van der Waals surface area contributed by atoms with Crippen molar-refractivity contribution in [1.82, 2.24) is 0 Å². The first-order valence-corrected chi connectivity index (χ1v) is 9.92. The maximum atomic E-state index is 12.9. The molecule has 0 bridgehead atoms. The lowest BCUT2D eigenvalue weighted by Crippen LogP contribution is -2.17. The molecule has 3 N–H and O–H groups in total. The Hall–Kier alpha value is -1.87. The molecule has 0 saturated heterocycles. The Labute approximate surface area is 134 Å². The van der Waals surface area contributed by atoms with Crippen molar-refractivity contribution < 1.29 is 27.4 Å². The van der Waals surface area contributed by atoms with Gasteiger partial charge in [-0.05, 0) is 24.3 Å². The second-order valence-electron chi connectivity index (χ2n) is 5.20. The highest BCUT2D eigenvalue weighted by Crippen LogP contribution is 2.62. The van der Waals surface area contributed by atoms with E-state index in [1.807, 2.05) is 0 Å². The number of carbonyl (C=O) groups is 1. The molecule has 0 spiro atoms. The first-order valence-electron chi connectivity index (χ1n) is 6.66. The molecule has 6 nitrogen and oxygen atoms in total. The summed E-state index contributed by atoms with van der Waals surface area (Å²) in [6.45, 7) is 0. The molecule has 0 saturated carbocycles. The topological polar surface area (TPSA) is 112 Å². The van der Waals surface area contributed by atoms with Gasteiger partial charge in [0.1, 0.15) is 5.25 Å². The number of hydrogen-bond donors (Lipinski definition) is 3. The van der Waals surface area contributed by atoms with Crippen molar-refractivity contribution in [1.29, 1.82) is 0 Å². The van der Waals surface area contributed by atoms with Gasteiger partial charge in [-0.3, -0.25) is 9.11 Å². The number of benzene rings is 2. The molecule has 1 unspecified atom stereocenters. The highest BCUT2D eigenvalue weighted by atomic mass is 32.3. The molecule has 0 aliphatic carbocycles. The van der Waals surface area contributed by atoms with Gasteiger partial charge >= 0.3 is 5.97 Å². The zero-order valence-electron chi connectivity index (χ0n) is 11.8. The molecule has 0 amide bonds. The van der Waals surface area contributed by atoms with Crippen LogP contribution < -0.4 is 0 Å². The predicted molar refractivity (Wildman–Crippen MR) is 85.8 cm³/mol. The van der Waals surface area contributed by atoms with Gasteiger partial charge in [-0.1, -0.05) is 24.3 Å². The largest absolute Gasteiger partial charge is 0.478 e. The lowest BCUT2D eigenvalue weighted by molar-refractivity contribution is 0.0695. The van der Waals surface area contributed by atoms with Gasteiger partial charge in [-0.15, -0.1) is 0 Å². The summed E-state index contributed by atoms with van der Waals surface area (Å²) < 4.78 is 46.1. The van der Waals surface area contributed by atoms with E-state index in [-0.39, 0.29) is 20.9 Å². The fourth-order valence-electron chi connectivity index (χ4n) is 2.75. The third-order valence-corrected chi connectivity index (χ3v) is 7.95. The molecule has 0 radical (unpaired) electrons. The normalized spacial score (nSPS) is 20.7. The summed E-state index contributed by atoms with van der Waals surface area (Å²) in [6.07, 6.45) is 0. The monoisotopic (exact) mass is 354 g/mol. The minimum Gasteiger partial charge on any atom is -0.478 e. The third kappa shape index (κ3) is 2.53. The lowest BCUT2D eigenvalue weighted by Gasteiger charge is -2.27. The van der Waals surface area contributed by atoms with E-state index in [9.17, 15) is 27.4 Å². The minimum absolute atomic E-state index is 0.00176. The van der Waals surface area contributed by atoms with Crippen LogP contribution in [-0.2, 0) is 9.84 Å². The van der Waals surface area contributed by atoms with Gasteiger partial charge in [0.05, 0.1) is 21.1 Å². The number of carboxylic acid groups (broad SMARTS) is 1. The van der Waals surface area contributed by atoms with E-state index in [1.54, 1.807) is 18.2 Å². The molecule has 1 heterocycles. The Bertz CT molecular complexity index is 874. The first-order chi connectivity index (χ1) is 10.7. The van der Waals surface area contributed by atoms with Crippen molar-refractivity contribution in [3.05, 3.63) is 59.7 Å². The van der Waals surface area contributed by atoms with E-state index in [2.05, 4.69) is 0 Å². The van der Waals surface area contributed by atoms with Gasteiger partial charge in [0.25, 0.3) is 0 Å². The van der Waals surface area contributed by atoms with Crippen LogP contribution in [0.2, 0.25) is 0 Å². The smallest absolute Gasteiger partial charge is 0.336 e. The summed E-state index contributed by atoms with van der Waals surface area (Å²) in [6, 6.07) is 11.6. The molecule has 23 heavy (non-hydrogen) atoms. The Balaban J connectivity index is 2.25. The summed E-state index contributed by atoms with van der Waals surface area (Å²) >= 11 is 0. The van der Waals surface area contributed by atoms with Crippen LogP contribution >= 0.6 is 10.6 Å². The molecule has 122 valence electrons. The lowest BCUT2D eigenvalue weighted by atomic mass is 10.1. The molecule has 1 aliphatic rings. The van der Waals surface area contributed by atoms with E-state index < -0.39 is 37.4 Å². The highest BCUT2D eigenvalue weighted by molar-refractivity contribution is 8.25. The number of carboxylic acids is 1. The van der Waals surface area contributed by atoms with E-state index in [0.717, 1.165) is 0 Å². The molecule has 2 aromatic carbocycles. The molecule has 0 aromatic heterocycles. The van der Waals surface area contributed by atoms with Crippen molar-refractivity contribution in [3.63, 3.8) is 0 Å². The number of hydrogen-bond acceptors (Lipinski definition) is 5. The predicted octanol–water partition coefficient (Wildman–Crippen LogP) is 3.02. The minimum atomic E-state index is -3.94. The van der Waals surface area contributed by atoms with Gasteiger partial charge in [-0.2, -0.15) is 10.6 Å². The number of rotatable bonds is 3. The average Bonchev–Trinajstić information content (AvgIpc) is 2.80. The zero-order chi connectivity index (χ0) is 16.8. The van der Waals surface area contributed by atoms with E-state index >= 15 is 0 Å². The SMILES string of the molecule is O=C(O)c1cccc2c1C(S(=O)(=O)c1ccccc1)CS2(O)O. The molecule has 2 aromatic rings. The van der Waals surface area contributed by atoms with Gasteiger partial charge in [0.15, 0.2) is 9.84 Å². The molecular weight excluding hydrogens is 340 g/mol. The Kier molecular flexibility index (Phi) is 3.72. The van der Waals surface area contributed by atoms with E-state index in [0.29, 0.717) is 0 Å². The van der Waals surface area contributed by atoms with Crippen LogP contribution in [0.4, 0.5) is 0 Å². The zero-order valence-corrected chi connectivity index (χ0v) is 13.4. The molecular formula is C15H14O6S2. The standard InChI is InChI=1S/C15H14O6S2/c16-15(17)11-7-4-8-12-14(11)13(9-22(12,18)19)23(20,21)10-5-2-1-3-6-10/h1-8,13,18-19H,9H2,(H,16,17). The number of aromatic carboxylic acids is 1. The Morgan fingerprint density at radius 1 is 1.04 bits per heavy atom. The van der Waals surface area contributed by atoms with Gasteiger partial charge in [0, 0.05) is 5.56 Å². The molecule has 1 atom stereocenters. The summed E-state index contributed by atoms with van der Waals surface area (Å²) in [4.78, 5) is 11.5. The molecule has 1 aliphatic heterocycles. The van der Waals surface area contributed by atoms with Crippen LogP contribution in [0, 0.1) is 0 Å². The van der Waals surface area contributed by atoms with Gasteiger partial charge in [0.2, 0.25) is 0 Å². The van der Waals surface area contributed by atoms with Crippen LogP contribution in [0.5, 0.6) is 0 Å². The summed E-state index contributed by atoms with van der Waals surface area (Å²) in [5.74, 6) is -1.73. The van der Waals surface area contributed by atoms with Crippen molar-refractivity contribution in [2.24, 2.45) is 0 Å². The van der Waals surface area contributed by atoms with Crippen LogP contribution in [0.3, 0.4) is 0 Å². The fourth-order valence-corrected chi connectivity index (χ4v) is 7.21. The molecule has 3 rings (SSSR count). The van der Waals surface area contributed by atoms with Crippen molar-refractivity contribution in [2.75, 3.05) is 5.75 Å². The van der Waals surface area contributed by atoms with Crippen LogP contribution in [0.15, 0.2) is 58.3 Å². The Morgan fingerprint density at radius 2 is 1.70 bits per heavy atom. The van der Waals surface area contributed by atoms with Crippen molar-refractivity contribution >= 4 is 26.4 Å². The number of sulfone groups is 1. The Morgan fingerprint density at radius 3 is 2.30 bits per heavy atom. The number of fused-ring (bicyclic) bond motifs is 1. The fraction of sp³-hybridized carbons (Fsp3) is 0.133. The van der Waals surface area contributed by atoms with Crippen molar-refractivity contribution in [2.45, 2.75) is 15.0 Å². The van der Waals surface area contributed by atoms with Gasteiger partial charge < -0.3 is 5.11 Å². The first kappa shape index (κ1) is 16.0. The summed E-state index contributed by atoms with van der Waals surface area (Å²) in [7, 11) is -7.29. The van der Waals surface area contributed by atoms with Crippen LogP contribution in [0.25, 0.3) is 0 Å². The van der Waals surface area contributed by atoms with E-state index in [1.165, 1.54) is 30.3 Å². The molecule has 0 fully saturated rings. The maximum Gasteiger partial charge on any atom is 0.336 e. The van der Waals surface area contributed by atoms with E-state index in [4.69, 9.17) is 0 Å². The second-order valence-corrected chi connectivity index (χ2v) is 9.44. The summed E-state index contributed by atoms with van der Waals surface area (Å²) in [5.41, 5.74) is -0.242. The summed E-state index contributed by atoms with van der Waals surface area (Å²) in [5, 5.41) is 8.03. The van der Waals surface area contributed by atoms with Crippen LogP contribution in [0.1, 0.15) is 21.2 Å². The highest BCUT2D eigenvalue weighted by Gasteiger charge is 2.45. The van der Waals surface area contributed by atoms with Crippen molar-refractivity contribution in [3.8, 4) is 0 Å². The third-order valence-electron chi connectivity index (χ3n) is 3.80. The van der Waals surface area contributed by atoms with Crippen LogP contribution in [-0.4, -0.2) is 34.4 Å². The quantitative estimate of drug-likeness (QED) is 0.781.